The van der Waals surface area contributed by atoms with Crippen LogP contribution in [0.1, 0.15) is 31.5 Å². The molecule has 0 radical (unpaired) electrons. The number of aryl methyl sites for hydroxylation is 1. The summed E-state index contributed by atoms with van der Waals surface area (Å²) in [4.78, 5) is 4.37. The molecule has 0 fully saturated rings. The van der Waals surface area contributed by atoms with E-state index in [1.54, 1.807) is 11.3 Å². The smallest absolute Gasteiger partial charge is 0.0951 e. The van der Waals surface area contributed by atoms with Gasteiger partial charge in [0.2, 0.25) is 0 Å². The molecule has 1 aromatic rings. The van der Waals surface area contributed by atoms with Gasteiger partial charge in [0.25, 0.3) is 0 Å². The van der Waals surface area contributed by atoms with Gasteiger partial charge >= 0.3 is 0 Å². The summed E-state index contributed by atoms with van der Waals surface area (Å²) in [5, 5.41) is 3.24. The van der Waals surface area contributed by atoms with E-state index >= 15 is 0 Å². The lowest BCUT2D eigenvalue weighted by molar-refractivity contribution is -0.000991. The standard InChI is InChI=1S/C10H17NOS/c1-8-7-13-9(11-8)5-6-12-10(2,3)4/h7H,5-6H2,1-4H3. The zero-order valence-corrected chi connectivity index (χ0v) is 9.57. The van der Waals surface area contributed by atoms with Gasteiger partial charge in [0.15, 0.2) is 0 Å². The van der Waals surface area contributed by atoms with Gasteiger partial charge in [-0.05, 0) is 27.7 Å². The molecule has 0 saturated heterocycles. The second kappa shape index (κ2) is 4.20. The van der Waals surface area contributed by atoms with Crippen molar-refractivity contribution in [1.29, 1.82) is 0 Å². The molecule has 0 bridgehead atoms. The minimum absolute atomic E-state index is 0.0354. The Morgan fingerprint density at radius 1 is 1.46 bits per heavy atom. The lowest BCUT2D eigenvalue weighted by Gasteiger charge is -2.18. The molecule has 3 heteroatoms. The molecule has 0 aliphatic rings. The molecule has 0 N–H and O–H groups in total. The molecule has 0 atom stereocenters. The molecule has 74 valence electrons. The summed E-state index contributed by atoms with van der Waals surface area (Å²) in [6.45, 7) is 8.99. The van der Waals surface area contributed by atoms with Crippen LogP contribution in [0.4, 0.5) is 0 Å². The molecule has 2 nitrogen and oxygen atoms in total. The summed E-state index contributed by atoms with van der Waals surface area (Å²) < 4.78 is 5.61. The van der Waals surface area contributed by atoms with E-state index in [-0.39, 0.29) is 5.60 Å². The molecule has 0 aliphatic carbocycles. The maximum atomic E-state index is 5.61. The van der Waals surface area contributed by atoms with Gasteiger partial charge in [0.05, 0.1) is 17.2 Å². The number of aromatic nitrogens is 1. The van der Waals surface area contributed by atoms with Crippen molar-refractivity contribution in [3.8, 4) is 0 Å². The number of hydrogen-bond donors (Lipinski definition) is 0. The molecular formula is C10H17NOS. The molecule has 1 heterocycles. The quantitative estimate of drug-likeness (QED) is 0.746. The highest BCUT2D eigenvalue weighted by Gasteiger charge is 2.09. The number of rotatable bonds is 3. The summed E-state index contributed by atoms with van der Waals surface area (Å²) in [6.07, 6.45) is 0.926. The first-order valence-corrected chi connectivity index (χ1v) is 5.40. The van der Waals surface area contributed by atoms with E-state index < -0.39 is 0 Å². The molecule has 0 aliphatic heterocycles. The van der Waals surface area contributed by atoms with Gasteiger partial charge in [-0.3, -0.25) is 0 Å². The Morgan fingerprint density at radius 2 is 2.15 bits per heavy atom. The third-order valence-corrected chi connectivity index (χ3v) is 2.54. The molecule has 0 unspecified atom stereocenters. The van der Waals surface area contributed by atoms with Crippen LogP contribution in [0.25, 0.3) is 0 Å². The fourth-order valence-corrected chi connectivity index (χ4v) is 1.72. The molecule has 0 amide bonds. The minimum atomic E-state index is -0.0354. The Balaban J connectivity index is 2.28. The number of thiazole rings is 1. The van der Waals surface area contributed by atoms with Gasteiger partial charge in [-0.25, -0.2) is 4.98 Å². The Hall–Kier alpha value is -0.410. The van der Waals surface area contributed by atoms with E-state index in [0.717, 1.165) is 18.7 Å². The molecule has 0 aromatic carbocycles. The van der Waals surface area contributed by atoms with Crippen molar-refractivity contribution in [2.45, 2.75) is 39.7 Å². The maximum absolute atomic E-state index is 5.61. The average molecular weight is 199 g/mol. The van der Waals surface area contributed by atoms with Gasteiger partial charge in [-0.15, -0.1) is 11.3 Å². The Labute approximate surface area is 84.0 Å². The maximum Gasteiger partial charge on any atom is 0.0951 e. The van der Waals surface area contributed by atoms with Gasteiger partial charge in [0, 0.05) is 17.5 Å². The van der Waals surface area contributed by atoms with Crippen molar-refractivity contribution in [2.24, 2.45) is 0 Å². The number of hydrogen-bond acceptors (Lipinski definition) is 3. The van der Waals surface area contributed by atoms with Crippen LogP contribution >= 0.6 is 11.3 Å². The van der Waals surface area contributed by atoms with Crippen LogP contribution in [-0.2, 0) is 11.2 Å². The van der Waals surface area contributed by atoms with Gasteiger partial charge < -0.3 is 4.74 Å². The minimum Gasteiger partial charge on any atom is -0.375 e. The first-order chi connectivity index (χ1) is 5.97. The van der Waals surface area contributed by atoms with Crippen molar-refractivity contribution in [2.75, 3.05) is 6.61 Å². The summed E-state index contributed by atoms with van der Waals surface area (Å²) in [5.74, 6) is 0. The number of nitrogens with zero attached hydrogens (tertiary/aromatic N) is 1. The zero-order chi connectivity index (χ0) is 9.90. The summed E-state index contributed by atoms with van der Waals surface area (Å²) in [5.41, 5.74) is 1.07. The van der Waals surface area contributed by atoms with Crippen LogP contribution in [0.2, 0.25) is 0 Å². The number of ether oxygens (including phenoxy) is 1. The third-order valence-electron chi connectivity index (χ3n) is 1.52. The van der Waals surface area contributed by atoms with E-state index in [2.05, 4.69) is 31.1 Å². The van der Waals surface area contributed by atoms with Crippen molar-refractivity contribution in [3.05, 3.63) is 16.1 Å². The van der Waals surface area contributed by atoms with Crippen molar-refractivity contribution < 1.29 is 4.74 Å². The fraction of sp³-hybridized carbons (Fsp3) is 0.700. The predicted molar refractivity (Wildman–Crippen MR) is 56.3 cm³/mol. The van der Waals surface area contributed by atoms with Crippen molar-refractivity contribution in [1.82, 2.24) is 4.98 Å². The molecule has 0 saturated carbocycles. The highest BCUT2D eigenvalue weighted by atomic mass is 32.1. The highest BCUT2D eigenvalue weighted by Crippen LogP contribution is 2.12. The van der Waals surface area contributed by atoms with Crippen LogP contribution in [0.15, 0.2) is 5.38 Å². The SMILES string of the molecule is Cc1csc(CCOC(C)(C)C)n1. The first kappa shape index (κ1) is 10.7. The molecule has 13 heavy (non-hydrogen) atoms. The second-order valence-corrected chi connectivity index (χ2v) is 5.04. The lowest BCUT2D eigenvalue weighted by atomic mass is 10.2. The fourth-order valence-electron chi connectivity index (χ4n) is 0.962. The van der Waals surface area contributed by atoms with E-state index in [9.17, 15) is 0 Å². The van der Waals surface area contributed by atoms with Crippen molar-refractivity contribution >= 4 is 11.3 Å². The zero-order valence-electron chi connectivity index (χ0n) is 8.76. The first-order valence-electron chi connectivity index (χ1n) is 4.52. The normalized spacial score (nSPS) is 12.0. The summed E-state index contributed by atoms with van der Waals surface area (Å²) in [7, 11) is 0. The lowest BCUT2D eigenvalue weighted by Crippen LogP contribution is -2.20. The van der Waals surface area contributed by atoms with E-state index in [1.807, 2.05) is 6.92 Å². The van der Waals surface area contributed by atoms with Crippen LogP contribution in [0, 0.1) is 6.92 Å². The summed E-state index contributed by atoms with van der Waals surface area (Å²) in [6, 6.07) is 0. The second-order valence-electron chi connectivity index (χ2n) is 4.09. The van der Waals surface area contributed by atoms with Crippen LogP contribution in [-0.4, -0.2) is 17.2 Å². The van der Waals surface area contributed by atoms with Crippen LogP contribution < -0.4 is 0 Å². The molecule has 1 rings (SSSR count). The third kappa shape index (κ3) is 4.39. The van der Waals surface area contributed by atoms with Gasteiger partial charge in [-0.1, -0.05) is 0 Å². The summed E-state index contributed by atoms with van der Waals surface area (Å²) >= 11 is 1.71. The van der Waals surface area contributed by atoms with Crippen LogP contribution in [0.3, 0.4) is 0 Å². The van der Waals surface area contributed by atoms with E-state index in [1.165, 1.54) is 5.01 Å². The Kier molecular flexibility index (Phi) is 3.45. The van der Waals surface area contributed by atoms with Gasteiger partial charge in [-0.2, -0.15) is 0 Å². The van der Waals surface area contributed by atoms with Crippen molar-refractivity contribution in [3.63, 3.8) is 0 Å². The topological polar surface area (TPSA) is 22.1 Å². The van der Waals surface area contributed by atoms with E-state index in [0.29, 0.717) is 0 Å². The highest BCUT2D eigenvalue weighted by molar-refractivity contribution is 7.09. The Bertz CT molecular complexity index is 262. The average Bonchev–Trinajstić information content (AvgIpc) is 2.33. The molecular weight excluding hydrogens is 182 g/mol. The van der Waals surface area contributed by atoms with Crippen LogP contribution in [0.5, 0.6) is 0 Å². The van der Waals surface area contributed by atoms with Gasteiger partial charge in [0.1, 0.15) is 0 Å². The molecule has 1 aromatic heterocycles. The largest absolute Gasteiger partial charge is 0.375 e. The Morgan fingerprint density at radius 3 is 2.62 bits per heavy atom. The molecule has 0 spiro atoms. The van der Waals surface area contributed by atoms with E-state index in [4.69, 9.17) is 4.74 Å². The predicted octanol–water partition coefficient (Wildman–Crippen LogP) is 2.81. The monoisotopic (exact) mass is 199 g/mol.